The standard InChI is InChI=1S/C22H25N3O6S/c1-16-13-18(5-7-20(16)25(27)28)31-15-22(26)24-12-9-17-14-19(6-8-21(17)24)32(29,30)23-10-3-2-4-11-23/h5-8,13-14H,2-4,9-12,15H2,1H3. The van der Waals surface area contributed by atoms with Gasteiger partial charge in [-0.2, -0.15) is 4.31 Å². The van der Waals surface area contributed by atoms with Crippen molar-refractivity contribution in [3.63, 3.8) is 0 Å². The van der Waals surface area contributed by atoms with E-state index in [1.165, 1.54) is 22.5 Å². The molecule has 2 aliphatic rings. The minimum atomic E-state index is -3.52. The molecular formula is C22H25N3O6S. The summed E-state index contributed by atoms with van der Waals surface area (Å²) in [6, 6.07) is 9.27. The molecule has 9 nitrogen and oxygen atoms in total. The number of aryl methyl sites for hydroxylation is 1. The van der Waals surface area contributed by atoms with Gasteiger partial charge in [0.05, 0.1) is 9.82 Å². The van der Waals surface area contributed by atoms with Crippen molar-refractivity contribution >= 4 is 27.3 Å². The summed E-state index contributed by atoms with van der Waals surface area (Å²) in [6.45, 7) is 2.93. The number of amides is 1. The fourth-order valence-corrected chi connectivity index (χ4v) is 5.77. The number of benzene rings is 2. The van der Waals surface area contributed by atoms with E-state index in [2.05, 4.69) is 0 Å². The Morgan fingerprint density at radius 1 is 1.09 bits per heavy atom. The molecule has 2 aromatic carbocycles. The molecule has 32 heavy (non-hydrogen) atoms. The summed E-state index contributed by atoms with van der Waals surface area (Å²) in [5.74, 6) is 0.121. The van der Waals surface area contributed by atoms with E-state index in [-0.39, 0.29) is 23.1 Å². The van der Waals surface area contributed by atoms with Gasteiger partial charge in [0, 0.05) is 37.0 Å². The zero-order valence-electron chi connectivity index (χ0n) is 17.8. The molecule has 2 aromatic rings. The summed E-state index contributed by atoms with van der Waals surface area (Å²) >= 11 is 0. The fourth-order valence-electron chi connectivity index (χ4n) is 4.20. The normalized spacial score (nSPS) is 16.6. The molecule has 4 rings (SSSR count). The highest BCUT2D eigenvalue weighted by molar-refractivity contribution is 7.89. The highest BCUT2D eigenvalue weighted by Crippen LogP contribution is 2.32. The largest absolute Gasteiger partial charge is 0.484 e. The molecule has 0 bridgehead atoms. The van der Waals surface area contributed by atoms with Crippen LogP contribution in [0.15, 0.2) is 41.3 Å². The lowest BCUT2D eigenvalue weighted by molar-refractivity contribution is -0.385. The first-order chi connectivity index (χ1) is 15.3. The average Bonchev–Trinajstić information content (AvgIpc) is 3.21. The zero-order valence-corrected chi connectivity index (χ0v) is 18.6. The molecule has 0 unspecified atom stereocenters. The molecule has 0 aromatic heterocycles. The number of carbonyl (C=O) groups excluding carboxylic acids is 1. The van der Waals surface area contributed by atoms with E-state index in [1.807, 2.05) is 0 Å². The minimum absolute atomic E-state index is 0.00698. The predicted molar refractivity (Wildman–Crippen MR) is 118 cm³/mol. The van der Waals surface area contributed by atoms with Crippen LogP contribution in [-0.4, -0.2) is 49.8 Å². The Hall–Kier alpha value is -2.98. The number of ether oxygens (including phenoxy) is 1. The van der Waals surface area contributed by atoms with Gasteiger partial charge in [-0.25, -0.2) is 8.42 Å². The third kappa shape index (κ3) is 4.33. The lowest BCUT2D eigenvalue weighted by atomic mass is 10.2. The van der Waals surface area contributed by atoms with Gasteiger partial charge in [-0.05, 0) is 62.1 Å². The molecule has 2 aliphatic heterocycles. The fraction of sp³-hybridized carbons (Fsp3) is 0.409. The molecule has 1 fully saturated rings. The highest BCUT2D eigenvalue weighted by Gasteiger charge is 2.30. The first-order valence-corrected chi connectivity index (χ1v) is 12.0. The smallest absolute Gasteiger partial charge is 0.272 e. The van der Waals surface area contributed by atoms with Gasteiger partial charge in [0.2, 0.25) is 10.0 Å². The number of nitrogens with zero attached hydrogens (tertiary/aromatic N) is 3. The Kier molecular flexibility index (Phi) is 6.16. The van der Waals surface area contributed by atoms with E-state index in [9.17, 15) is 23.3 Å². The maximum absolute atomic E-state index is 12.9. The predicted octanol–water partition coefficient (Wildman–Crippen LogP) is 3.05. The molecule has 2 heterocycles. The molecule has 1 saturated heterocycles. The molecule has 0 aliphatic carbocycles. The van der Waals surface area contributed by atoms with Gasteiger partial charge in [0.25, 0.3) is 11.6 Å². The van der Waals surface area contributed by atoms with Crippen molar-refractivity contribution in [1.82, 2.24) is 4.31 Å². The van der Waals surface area contributed by atoms with E-state index >= 15 is 0 Å². The molecule has 0 N–H and O–H groups in total. The Bertz CT molecular complexity index is 1160. The van der Waals surface area contributed by atoms with Crippen LogP contribution in [0.1, 0.15) is 30.4 Å². The molecule has 0 atom stereocenters. The van der Waals surface area contributed by atoms with Crippen LogP contribution in [-0.2, 0) is 21.2 Å². The molecule has 0 saturated carbocycles. The second-order valence-electron chi connectivity index (χ2n) is 8.04. The number of carbonyl (C=O) groups is 1. The lowest BCUT2D eigenvalue weighted by Crippen LogP contribution is -2.35. The third-order valence-electron chi connectivity index (χ3n) is 5.93. The van der Waals surface area contributed by atoms with Crippen LogP contribution in [0.3, 0.4) is 0 Å². The maximum atomic E-state index is 12.9. The first kappa shape index (κ1) is 22.2. The van der Waals surface area contributed by atoms with E-state index in [4.69, 9.17) is 4.74 Å². The van der Waals surface area contributed by atoms with Gasteiger partial charge in [-0.1, -0.05) is 6.42 Å². The van der Waals surface area contributed by atoms with Crippen LogP contribution in [0, 0.1) is 17.0 Å². The Labute approximate surface area is 186 Å². The van der Waals surface area contributed by atoms with Gasteiger partial charge in [-0.15, -0.1) is 0 Å². The molecule has 170 valence electrons. The molecular weight excluding hydrogens is 434 g/mol. The second kappa shape index (κ2) is 8.87. The Morgan fingerprint density at radius 2 is 1.84 bits per heavy atom. The molecule has 0 spiro atoms. The van der Waals surface area contributed by atoms with Crippen LogP contribution >= 0.6 is 0 Å². The van der Waals surface area contributed by atoms with Crippen LogP contribution in [0.25, 0.3) is 0 Å². The number of rotatable bonds is 6. The summed E-state index contributed by atoms with van der Waals surface area (Å²) < 4.78 is 33.0. The summed E-state index contributed by atoms with van der Waals surface area (Å²) in [7, 11) is -3.52. The van der Waals surface area contributed by atoms with Crippen molar-refractivity contribution < 1.29 is 22.9 Å². The van der Waals surface area contributed by atoms with Crippen LogP contribution in [0.2, 0.25) is 0 Å². The number of nitro groups is 1. The van der Waals surface area contributed by atoms with Crippen molar-refractivity contribution in [2.45, 2.75) is 37.5 Å². The summed E-state index contributed by atoms with van der Waals surface area (Å²) in [5, 5.41) is 10.9. The number of hydrogen-bond acceptors (Lipinski definition) is 6. The summed E-state index contributed by atoms with van der Waals surface area (Å²) in [5.41, 5.74) is 1.96. The average molecular weight is 460 g/mol. The lowest BCUT2D eigenvalue weighted by Gasteiger charge is -2.26. The van der Waals surface area contributed by atoms with Crippen molar-refractivity contribution in [1.29, 1.82) is 0 Å². The van der Waals surface area contributed by atoms with Crippen LogP contribution in [0.4, 0.5) is 11.4 Å². The van der Waals surface area contributed by atoms with E-state index in [0.29, 0.717) is 43.1 Å². The van der Waals surface area contributed by atoms with Gasteiger partial charge in [-0.3, -0.25) is 14.9 Å². The molecule has 10 heteroatoms. The second-order valence-corrected chi connectivity index (χ2v) is 9.98. The number of sulfonamides is 1. The minimum Gasteiger partial charge on any atom is -0.484 e. The Morgan fingerprint density at radius 3 is 2.53 bits per heavy atom. The topological polar surface area (TPSA) is 110 Å². The molecule has 1 amide bonds. The molecule has 0 radical (unpaired) electrons. The van der Waals surface area contributed by atoms with E-state index < -0.39 is 14.9 Å². The van der Waals surface area contributed by atoms with Gasteiger partial charge < -0.3 is 9.64 Å². The first-order valence-electron chi connectivity index (χ1n) is 10.6. The monoisotopic (exact) mass is 459 g/mol. The summed E-state index contributed by atoms with van der Waals surface area (Å²) in [4.78, 5) is 25.1. The van der Waals surface area contributed by atoms with Gasteiger partial charge in [0.1, 0.15) is 5.75 Å². The van der Waals surface area contributed by atoms with Crippen molar-refractivity contribution in [3.8, 4) is 5.75 Å². The zero-order chi connectivity index (χ0) is 22.9. The number of nitro benzene ring substituents is 1. The quantitative estimate of drug-likeness (QED) is 0.485. The number of piperidine rings is 1. The highest BCUT2D eigenvalue weighted by atomic mass is 32.2. The number of fused-ring (bicyclic) bond motifs is 1. The third-order valence-corrected chi connectivity index (χ3v) is 7.82. The van der Waals surface area contributed by atoms with E-state index in [0.717, 1.165) is 24.8 Å². The van der Waals surface area contributed by atoms with Crippen molar-refractivity contribution in [2.24, 2.45) is 0 Å². The number of anilines is 1. The Balaban J connectivity index is 1.44. The van der Waals surface area contributed by atoms with E-state index in [1.54, 1.807) is 30.0 Å². The maximum Gasteiger partial charge on any atom is 0.272 e. The van der Waals surface area contributed by atoms with Crippen molar-refractivity contribution in [2.75, 3.05) is 31.1 Å². The summed E-state index contributed by atoms with van der Waals surface area (Å²) in [6.07, 6.45) is 3.37. The van der Waals surface area contributed by atoms with Gasteiger partial charge in [0.15, 0.2) is 6.61 Å². The van der Waals surface area contributed by atoms with Crippen LogP contribution in [0.5, 0.6) is 5.75 Å². The van der Waals surface area contributed by atoms with Crippen LogP contribution < -0.4 is 9.64 Å². The van der Waals surface area contributed by atoms with Gasteiger partial charge >= 0.3 is 0 Å². The number of hydrogen-bond donors (Lipinski definition) is 0. The SMILES string of the molecule is Cc1cc(OCC(=O)N2CCc3cc(S(=O)(=O)N4CCCCC4)ccc32)ccc1[N+](=O)[O-]. The van der Waals surface area contributed by atoms with Crippen molar-refractivity contribution in [3.05, 3.63) is 57.6 Å².